The highest BCUT2D eigenvalue weighted by Crippen LogP contribution is 1.99. The Kier molecular flexibility index (Phi) is 7.42. The van der Waals surface area contributed by atoms with Crippen molar-refractivity contribution in [2.24, 2.45) is 5.92 Å². The molecule has 4 nitrogen and oxygen atoms in total. The van der Waals surface area contributed by atoms with Gasteiger partial charge in [0.05, 0.1) is 6.10 Å². The van der Waals surface area contributed by atoms with Crippen molar-refractivity contribution in [2.75, 3.05) is 13.2 Å². The van der Waals surface area contributed by atoms with E-state index in [2.05, 4.69) is 5.32 Å². The van der Waals surface area contributed by atoms with Gasteiger partial charge in [-0.2, -0.15) is 0 Å². The molecule has 0 saturated heterocycles. The van der Waals surface area contributed by atoms with E-state index >= 15 is 0 Å². The largest absolute Gasteiger partial charge is 0.396 e. The first-order valence-corrected chi connectivity index (χ1v) is 5.12. The van der Waals surface area contributed by atoms with Crippen LogP contribution in [-0.2, 0) is 4.79 Å². The maximum Gasteiger partial charge on any atom is 0.220 e. The molecule has 0 saturated carbocycles. The van der Waals surface area contributed by atoms with Crippen LogP contribution in [0, 0.1) is 5.92 Å². The first kappa shape index (κ1) is 13.4. The lowest BCUT2D eigenvalue weighted by molar-refractivity contribution is -0.121. The number of aliphatic hydroxyl groups excluding tert-OH is 2. The van der Waals surface area contributed by atoms with Gasteiger partial charge in [-0.1, -0.05) is 6.92 Å². The number of hydrogen-bond acceptors (Lipinski definition) is 3. The summed E-state index contributed by atoms with van der Waals surface area (Å²) in [4.78, 5) is 11.2. The number of aliphatic hydroxyl groups is 2. The van der Waals surface area contributed by atoms with Crippen molar-refractivity contribution < 1.29 is 15.0 Å². The maximum absolute atomic E-state index is 11.2. The molecular weight excluding hydrogens is 182 g/mol. The van der Waals surface area contributed by atoms with Crippen molar-refractivity contribution in [3.63, 3.8) is 0 Å². The second-order valence-electron chi connectivity index (χ2n) is 3.81. The molecule has 0 aromatic heterocycles. The molecular formula is C10H21NO3. The van der Waals surface area contributed by atoms with Gasteiger partial charge in [-0.05, 0) is 25.7 Å². The Hall–Kier alpha value is -0.610. The summed E-state index contributed by atoms with van der Waals surface area (Å²) in [6.45, 7) is 4.40. The summed E-state index contributed by atoms with van der Waals surface area (Å²) in [5, 5.41) is 20.3. The summed E-state index contributed by atoms with van der Waals surface area (Å²) in [5.74, 6) is 0.270. The van der Waals surface area contributed by atoms with Gasteiger partial charge in [-0.25, -0.2) is 0 Å². The predicted octanol–water partition coefficient (Wildman–Crippen LogP) is 0.282. The molecule has 14 heavy (non-hydrogen) atoms. The highest BCUT2D eigenvalue weighted by Gasteiger charge is 2.06. The Balaban J connectivity index is 3.43. The van der Waals surface area contributed by atoms with E-state index in [-0.39, 0.29) is 12.5 Å². The molecule has 0 aromatic rings. The molecule has 0 bridgehead atoms. The van der Waals surface area contributed by atoms with Gasteiger partial charge in [-0.3, -0.25) is 4.79 Å². The number of rotatable bonds is 7. The fraction of sp³-hybridized carbons (Fsp3) is 0.900. The van der Waals surface area contributed by atoms with E-state index in [4.69, 9.17) is 10.2 Å². The van der Waals surface area contributed by atoms with Gasteiger partial charge in [-0.15, -0.1) is 0 Å². The van der Waals surface area contributed by atoms with Crippen LogP contribution >= 0.6 is 0 Å². The zero-order chi connectivity index (χ0) is 11.0. The van der Waals surface area contributed by atoms with Crippen LogP contribution in [0.25, 0.3) is 0 Å². The molecule has 0 aromatic carbocycles. The average molecular weight is 203 g/mol. The SMILES string of the molecule is CC(O)CCC(=O)NCC(C)CCO. The summed E-state index contributed by atoms with van der Waals surface area (Å²) in [6, 6.07) is 0. The summed E-state index contributed by atoms with van der Waals surface area (Å²) >= 11 is 0. The van der Waals surface area contributed by atoms with Crippen LogP contribution in [-0.4, -0.2) is 35.4 Å². The van der Waals surface area contributed by atoms with Crippen LogP contribution in [0.5, 0.6) is 0 Å². The minimum absolute atomic E-state index is 0.0318. The normalized spacial score (nSPS) is 14.9. The van der Waals surface area contributed by atoms with Crippen molar-refractivity contribution in [3.8, 4) is 0 Å². The molecule has 2 unspecified atom stereocenters. The third kappa shape index (κ3) is 8.01. The molecule has 0 spiro atoms. The molecule has 0 radical (unpaired) electrons. The highest BCUT2D eigenvalue weighted by atomic mass is 16.3. The molecule has 0 aliphatic carbocycles. The quantitative estimate of drug-likeness (QED) is 0.556. The smallest absolute Gasteiger partial charge is 0.220 e. The van der Waals surface area contributed by atoms with Crippen molar-refractivity contribution in [1.29, 1.82) is 0 Å². The maximum atomic E-state index is 11.2. The van der Waals surface area contributed by atoms with Gasteiger partial charge < -0.3 is 15.5 Å². The van der Waals surface area contributed by atoms with E-state index < -0.39 is 6.10 Å². The van der Waals surface area contributed by atoms with Crippen molar-refractivity contribution >= 4 is 5.91 Å². The minimum Gasteiger partial charge on any atom is -0.396 e. The Morgan fingerprint density at radius 3 is 2.50 bits per heavy atom. The molecule has 2 atom stereocenters. The van der Waals surface area contributed by atoms with Crippen LogP contribution in [0.2, 0.25) is 0 Å². The standard InChI is InChI=1S/C10H21NO3/c1-8(5-6-12)7-11-10(14)4-3-9(2)13/h8-9,12-13H,3-7H2,1-2H3,(H,11,14). The van der Waals surface area contributed by atoms with Gasteiger partial charge in [0.15, 0.2) is 0 Å². The zero-order valence-electron chi connectivity index (χ0n) is 8.99. The monoisotopic (exact) mass is 203 g/mol. The Morgan fingerprint density at radius 2 is 2.00 bits per heavy atom. The second-order valence-corrected chi connectivity index (χ2v) is 3.81. The van der Waals surface area contributed by atoms with E-state index in [0.29, 0.717) is 31.7 Å². The topological polar surface area (TPSA) is 69.6 Å². The predicted molar refractivity (Wildman–Crippen MR) is 54.8 cm³/mol. The summed E-state index contributed by atoms with van der Waals surface area (Å²) in [6.07, 6.45) is 1.15. The number of hydrogen-bond donors (Lipinski definition) is 3. The molecule has 4 heteroatoms. The lowest BCUT2D eigenvalue weighted by atomic mass is 10.1. The van der Waals surface area contributed by atoms with E-state index in [9.17, 15) is 4.79 Å². The van der Waals surface area contributed by atoms with Crippen molar-refractivity contribution in [3.05, 3.63) is 0 Å². The molecule has 0 fully saturated rings. The van der Waals surface area contributed by atoms with Gasteiger partial charge in [0.2, 0.25) is 5.91 Å². The third-order valence-electron chi connectivity index (χ3n) is 2.06. The molecule has 0 aliphatic rings. The summed E-state index contributed by atoms with van der Waals surface area (Å²) < 4.78 is 0. The first-order chi connectivity index (χ1) is 6.56. The Morgan fingerprint density at radius 1 is 1.36 bits per heavy atom. The lowest BCUT2D eigenvalue weighted by Gasteiger charge is -2.11. The van der Waals surface area contributed by atoms with Crippen LogP contribution in [0.4, 0.5) is 0 Å². The Labute approximate surface area is 85.3 Å². The zero-order valence-corrected chi connectivity index (χ0v) is 8.99. The van der Waals surface area contributed by atoms with Gasteiger partial charge >= 0.3 is 0 Å². The number of carbonyl (C=O) groups excluding carboxylic acids is 1. The van der Waals surface area contributed by atoms with E-state index in [0.717, 1.165) is 0 Å². The molecule has 0 heterocycles. The second kappa shape index (κ2) is 7.76. The lowest BCUT2D eigenvalue weighted by Crippen LogP contribution is -2.29. The van der Waals surface area contributed by atoms with Crippen LogP contribution in [0.3, 0.4) is 0 Å². The molecule has 84 valence electrons. The van der Waals surface area contributed by atoms with E-state index in [1.54, 1.807) is 6.92 Å². The van der Waals surface area contributed by atoms with Gasteiger partial charge in [0.25, 0.3) is 0 Å². The Bertz CT molecular complexity index is 159. The number of nitrogens with one attached hydrogen (secondary N) is 1. The molecule has 0 aliphatic heterocycles. The third-order valence-corrected chi connectivity index (χ3v) is 2.06. The summed E-state index contributed by atoms with van der Waals surface area (Å²) in [7, 11) is 0. The fourth-order valence-electron chi connectivity index (χ4n) is 1.04. The summed E-state index contributed by atoms with van der Waals surface area (Å²) in [5.41, 5.74) is 0. The molecule has 1 amide bonds. The van der Waals surface area contributed by atoms with Crippen LogP contribution in [0.1, 0.15) is 33.1 Å². The van der Waals surface area contributed by atoms with Gasteiger partial charge in [0.1, 0.15) is 0 Å². The highest BCUT2D eigenvalue weighted by molar-refractivity contribution is 5.75. The van der Waals surface area contributed by atoms with E-state index in [1.165, 1.54) is 0 Å². The van der Waals surface area contributed by atoms with Crippen LogP contribution < -0.4 is 5.32 Å². The first-order valence-electron chi connectivity index (χ1n) is 5.12. The average Bonchev–Trinajstić information content (AvgIpc) is 2.12. The van der Waals surface area contributed by atoms with Crippen LogP contribution in [0.15, 0.2) is 0 Å². The van der Waals surface area contributed by atoms with Crippen molar-refractivity contribution in [1.82, 2.24) is 5.32 Å². The van der Waals surface area contributed by atoms with Crippen molar-refractivity contribution in [2.45, 2.75) is 39.2 Å². The van der Waals surface area contributed by atoms with Gasteiger partial charge in [0, 0.05) is 19.6 Å². The minimum atomic E-state index is -0.421. The van der Waals surface area contributed by atoms with E-state index in [1.807, 2.05) is 6.92 Å². The number of carbonyl (C=O) groups is 1. The fourth-order valence-corrected chi connectivity index (χ4v) is 1.04. The molecule has 0 rings (SSSR count). The number of amides is 1. The molecule has 3 N–H and O–H groups in total.